The molecule has 1 aromatic heterocycles. The molecule has 0 fully saturated rings. The number of hydrogen-bond donors (Lipinski definition) is 2. The molecule has 3 N–H and O–H groups in total. The van der Waals surface area contributed by atoms with Crippen LogP contribution in [0, 0.1) is 0 Å². The summed E-state index contributed by atoms with van der Waals surface area (Å²) < 4.78 is 5.54. The number of halogens is 1. The van der Waals surface area contributed by atoms with Crippen LogP contribution in [0.15, 0.2) is 36.5 Å². The number of carbonyl (C=O) groups is 1. The topological polar surface area (TPSA) is 90.1 Å². The van der Waals surface area contributed by atoms with Gasteiger partial charge in [-0.3, -0.25) is 4.79 Å². The van der Waals surface area contributed by atoms with Gasteiger partial charge in [-0.25, -0.2) is 4.98 Å². The van der Waals surface area contributed by atoms with Crippen molar-refractivity contribution in [2.24, 2.45) is 5.73 Å². The Morgan fingerprint density at radius 3 is 2.71 bits per heavy atom. The number of aromatic nitrogens is 2. The molecule has 0 bridgehead atoms. The van der Waals surface area contributed by atoms with Crippen molar-refractivity contribution in [2.75, 3.05) is 7.05 Å². The predicted molar refractivity (Wildman–Crippen MR) is 79.3 cm³/mol. The Kier molecular flexibility index (Phi) is 5.08. The van der Waals surface area contributed by atoms with E-state index >= 15 is 0 Å². The van der Waals surface area contributed by atoms with Crippen molar-refractivity contribution in [3.63, 3.8) is 0 Å². The van der Waals surface area contributed by atoms with E-state index in [0.717, 1.165) is 5.56 Å². The Hall–Kier alpha value is -2.18. The van der Waals surface area contributed by atoms with Gasteiger partial charge in [-0.1, -0.05) is 12.1 Å². The molecular formula is C14H15ClN4O2. The molecule has 110 valence electrons. The maximum atomic E-state index is 11.4. The number of hydrogen-bond acceptors (Lipinski definition) is 5. The van der Waals surface area contributed by atoms with Crippen molar-refractivity contribution in [1.82, 2.24) is 15.3 Å². The molecule has 1 aromatic carbocycles. The third-order valence-corrected chi connectivity index (χ3v) is 2.97. The highest BCUT2D eigenvalue weighted by Crippen LogP contribution is 2.20. The first-order chi connectivity index (χ1) is 10.1. The molecule has 6 nitrogen and oxygen atoms in total. The number of ether oxygens (including phenoxy) is 1. The minimum absolute atomic E-state index is 0.126. The first-order valence-corrected chi connectivity index (χ1v) is 6.69. The first-order valence-electron chi connectivity index (χ1n) is 6.31. The van der Waals surface area contributed by atoms with Gasteiger partial charge in [-0.05, 0) is 35.7 Å². The van der Waals surface area contributed by atoms with E-state index in [0.29, 0.717) is 18.1 Å². The summed E-state index contributed by atoms with van der Waals surface area (Å²) >= 11 is 5.68. The molecule has 7 heteroatoms. The van der Waals surface area contributed by atoms with Gasteiger partial charge in [0, 0.05) is 19.3 Å². The lowest BCUT2D eigenvalue weighted by molar-refractivity contribution is -0.121. The van der Waals surface area contributed by atoms with Gasteiger partial charge in [0.25, 0.3) is 0 Å². The highest BCUT2D eigenvalue weighted by Gasteiger charge is 2.12. The summed E-state index contributed by atoms with van der Waals surface area (Å²) in [6.45, 7) is 0. The zero-order valence-corrected chi connectivity index (χ0v) is 12.2. The maximum Gasteiger partial charge on any atom is 0.237 e. The van der Waals surface area contributed by atoms with E-state index < -0.39 is 6.04 Å². The molecule has 0 aliphatic heterocycles. The van der Waals surface area contributed by atoms with E-state index in [1.54, 1.807) is 25.2 Å². The predicted octanol–water partition coefficient (Wildman–Crippen LogP) is 1.54. The van der Waals surface area contributed by atoms with Crippen LogP contribution in [0.3, 0.4) is 0 Å². The van der Waals surface area contributed by atoms with Crippen molar-refractivity contribution < 1.29 is 9.53 Å². The fourth-order valence-corrected chi connectivity index (χ4v) is 1.86. The molecule has 0 saturated heterocycles. The molecule has 0 radical (unpaired) electrons. The maximum absolute atomic E-state index is 11.4. The second-order valence-electron chi connectivity index (χ2n) is 4.33. The van der Waals surface area contributed by atoms with Gasteiger partial charge >= 0.3 is 0 Å². The lowest BCUT2D eigenvalue weighted by Gasteiger charge is -2.10. The minimum atomic E-state index is -0.567. The number of likely N-dealkylation sites (N-methyl/N-ethyl adjacent to an activating group) is 1. The van der Waals surface area contributed by atoms with Gasteiger partial charge in [-0.2, -0.15) is 4.98 Å². The molecule has 0 aliphatic rings. The zero-order chi connectivity index (χ0) is 15.2. The van der Waals surface area contributed by atoms with Crippen LogP contribution in [-0.2, 0) is 11.2 Å². The summed E-state index contributed by atoms with van der Waals surface area (Å²) in [5, 5.41) is 2.64. The third-order valence-electron chi connectivity index (χ3n) is 2.79. The number of nitrogens with two attached hydrogens (primary N) is 1. The van der Waals surface area contributed by atoms with Crippen molar-refractivity contribution in [1.29, 1.82) is 0 Å². The Balaban J connectivity index is 2.00. The average Bonchev–Trinajstić information content (AvgIpc) is 2.48. The summed E-state index contributed by atoms with van der Waals surface area (Å²) in [4.78, 5) is 19.1. The number of amides is 1. The molecule has 0 unspecified atom stereocenters. The number of nitrogens with one attached hydrogen (secondary N) is 1. The fourth-order valence-electron chi connectivity index (χ4n) is 1.72. The summed E-state index contributed by atoms with van der Waals surface area (Å²) in [7, 11) is 1.56. The van der Waals surface area contributed by atoms with Crippen molar-refractivity contribution in [3.8, 4) is 11.6 Å². The van der Waals surface area contributed by atoms with Crippen LogP contribution < -0.4 is 15.8 Å². The lowest BCUT2D eigenvalue weighted by atomic mass is 10.1. The highest BCUT2D eigenvalue weighted by atomic mass is 35.5. The molecule has 0 spiro atoms. The van der Waals surface area contributed by atoms with Crippen LogP contribution in [0.1, 0.15) is 5.56 Å². The van der Waals surface area contributed by atoms with Crippen molar-refractivity contribution in [3.05, 3.63) is 47.4 Å². The fraction of sp³-hybridized carbons (Fsp3) is 0.214. The van der Waals surface area contributed by atoms with Gasteiger partial charge in [0.15, 0.2) is 0 Å². The number of rotatable bonds is 5. The Morgan fingerprint density at radius 1 is 1.38 bits per heavy atom. The average molecular weight is 307 g/mol. The minimum Gasteiger partial charge on any atom is -0.439 e. The van der Waals surface area contributed by atoms with Crippen molar-refractivity contribution >= 4 is 17.5 Å². The van der Waals surface area contributed by atoms with E-state index in [1.807, 2.05) is 12.1 Å². The first kappa shape index (κ1) is 15.2. The summed E-state index contributed by atoms with van der Waals surface area (Å²) in [5.41, 5.74) is 6.71. The molecule has 21 heavy (non-hydrogen) atoms. The van der Waals surface area contributed by atoms with Crippen LogP contribution in [0.4, 0.5) is 0 Å². The van der Waals surface area contributed by atoms with E-state index in [2.05, 4.69) is 15.3 Å². The van der Waals surface area contributed by atoms with Gasteiger partial charge in [0.1, 0.15) is 5.75 Å². The Labute approximate surface area is 127 Å². The molecule has 1 atom stereocenters. The van der Waals surface area contributed by atoms with Gasteiger partial charge in [0.2, 0.25) is 17.1 Å². The molecular weight excluding hydrogens is 292 g/mol. The Morgan fingerprint density at radius 2 is 2.10 bits per heavy atom. The van der Waals surface area contributed by atoms with E-state index in [4.69, 9.17) is 22.1 Å². The standard InChI is InChI=1S/C14H15ClN4O2/c1-17-13(20)11(16)8-9-2-4-10(5-3-9)21-12-6-7-18-14(15)19-12/h2-7,11H,8,16H2,1H3,(H,17,20)/t11-/m0/s1. The number of benzene rings is 1. The third kappa shape index (κ3) is 4.40. The highest BCUT2D eigenvalue weighted by molar-refractivity contribution is 6.28. The molecule has 1 heterocycles. The zero-order valence-electron chi connectivity index (χ0n) is 11.4. The molecule has 1 amide bonds. The van der Waals surface area contributed by atoms with E-state index in [9.17, 15) is 4.79 Å². The summed E-state index contributed by atoms with van der Waals surface area (Å²) in [6, 6.07) is 8.30. The molecule has 0 aliphatic carbocycles. The smallest absolute Gasteiger partial charge is 0.237 e. The number of carbonyl (C=O) groups excluding carboxylic acids is 1. The normalized spacial score (nSPS) is 11.8. The second-order valence-corrected chi connectivity index (χ2v) is 4.67. The molecule has 2 aromatic rings. The monoisotopic (exact) mass is 306 g/mol. The number of nitrogens with zero attached hydrogens (tertiary/aromatic N) is 2. The molecule has 2 rings (SSSR count). The van der Waals surface area contributed by atoms with Crippen molar-refractivity contribution in [2.45, 2.75) is 12.5 Å². The van der Waals surface area contributed by atoms with Gasteiger partial charge in [0.05, 0.1) is 6.04 Å². The Bertz CT molecular complexity index is 619. The largest absolute Gasteiger partial charge is 0.439 e. The quantitative estimate of drug-likeness (QED) is 0.818. The van der Waals surface area contributed by atoms with Crippen LogP contribution in [-0.4, -0.2) is 29.0 Å². The van der Waals surface area contributed by atoms with E-state index in [-0.39, 0.29) is 11.2 Å². The van der Waals surface area contributed by atoms with Crippen LogP contribution in [0.25, 0.3) is 0 Å². The van der Waals surface area contributed by atoms with Crippen LogP contribution in [0.2, 0.25) is 5.28 Å². The van der Waals surface area contributed by atoms with Gasteiger partial charge < -0.3 is 15.8 Å². The van der Waals surface area contributed by atoms with Crippen LogP contribution >= 0.6 is 11.6 Å². The SMILES string of the molecule is CNC(=O)[C@@H](N)Cc1ccc(Oc2ccnc(Cl)n2)cc1. The summed E-state index contributed by atoms with van der Waals surface area (Å²) in [5.74, 6) is 0.790. The second kappa shape index (κ2) is 7.01. The summed E-state index contributed by atoms with van der Waals surface area (Å²) in [6.07, 6.45) is 1.97. The van der Waals surface area contributed by atoms with Gasteiger partial charge in [-0.15, -0.1) is 0 Å². The molecule has 0 saturated carbocycles. The van der Waals surface area contributed by atoms with Crippen LogP contribution in [0.5, 0.6) is 11.6 Å². The lowest BCUT2D eigenvalue weighted by Crippen LogP contribution is -2.40. The van der Waals surface area contributed by atoms with E-state index in [1.165, 1.54) is 6.20 Å².